The zero-order valence-electron chi connectivity index (χ0n) is 13.0. The van der Waals surface area contributed by atoms with Gasteiger partial charge in [-0.15, -0.1) is 0 Å². The minimum atomic E-state index is -0.631. The summed E-state index contributed by atoms with van der Waals surface area (Å²) in [6, 6.07) is 5.98. The fourth-order valence-corrected chi connectivity index (χ4v) is 2.49. The van der Waals surface area contributed by atoms with Gasteiger partial charge in [-0.2, -0.15) is 5.10 Å². The van der Waals surface area contributed by atoms with Crippen molar-refractivity contribution < 1.29 is 19.0 Å². The second-order valence-corrected chi connectivity index (χ2v) is 5.62. The minimum Gasteiger partial charge on any atom is -0.489 e. The van der Waals surface area contributed by atoms with Crippen molar-refractivity contribution in [1.29, 1.82) is 0 Å². The summed E-state index contributed by atoms with van der Waals surface area (Å²) in [5.74, 6) is 0.407. The van der Waals surface area contributed by atoms with Crippen LogP contribution in [0.4, 0.5) is 0 Å². The van der Waals surface area contributed by atoms with E-state index in [1.807, 2.05) is 0 Å². The Morgan fingerprint density at radius 2 is 2.12 bits per heavy atom. The highest BCUT2D eigenvalue weighted by Crippen LogP contribution is 2.38. The first-order chi connectivity index (χ1) is 11.5. The van der Waals surface area contributed by atoms with Crippen molar-refractivity contribution >= 4 is 17.6 Å². The molecule has 1 aliphatic rings. The maximum absolute atomic E-state index is 12.0. The monoisotopic (exact) mass is 350 g/mol. The SMILES string of the molecule is Cn1nc(C(=O)OCc2cc(Cl)c3c(c2)OCCCO3)ccc1=O. The maximum atomic E-state index is 12.0. The summed E-state index contributed by atoms with van der Waals surface area (Å²) in [5.41, 5.74) is 0.418. The average Bonchev–Trinajstić information content (AvgIpc) is 2.81. The maximum Gasteiger partial charge on any atom is 0.359 e. The van der Waals surface area contributed by atoms with E-state index >= 15 is 0 Å². The number of carbonyl (C=O) groups is 1. The quantitative estimate of drug-likeness (QED) is 0.787. The van der Waals surface area contributed by atoms with Gasteiger partial charge in [0.15, 0.2) is 17.2 Å². The van der Waals surface area contributed by atoms with Gasteiger partial charge in [0.2, 0.25) is 0 Å². The molecule has 0 aliphatic carbocycles. The van der Waals surface area contributed by atoms with Crippen molar-refractivity contribution in [3.8, 4) is 11.5 Å². The number of hydrogen-bond donors (Lipinski definition) is 0. The van der Waals surface area contributed by atoms with Gasteiger partial charge in [0.05, 0.1) is 18.2 Å². The van der Waals surface area contributed by atoms with Crippen LogP contribution in [-0.2, 0) is 18.4 Å². The number of aromatic nitrogens is 2. The fourth-order valence-electron chi connectivity index (χ4n) is 2.20. The molecule has 0 fully saturated rings. The lowest BCUT2D eigenvalue weighted by Gasteiger charge is -2.12. The number of halogens is 1. The van der Waals surface area contributed by atoms with Gasteiger partial charge in [0.1, 0.15) is 6.61 Å². The number of nitrogens with zero attached hydrogens (tertiary/aromatic N) is 2. The molecule has 0 saturated carbocycles. The Hall–Kier alpha value is -2.54. The van der Waals surface area contributed by atoms with E-state index in [4.69, 9.17) is 25.8 Å². The van der Waals surface area contributed by atoms with E-state index in [-0.39, 0.29) is 17.9 Å². The number of aryl methyl sites for hydroxylation is 1. The number of esters is 1. The number of ether oxygens (including phenoxy) is 3. The number of fused-ring (bicyclic) bond motifs is 1. The number of hydrogen-bond acceptors (Lipinski definition) is 6. The van der Waals surface area contributed by atoms with Crippen LogP contribution in [0, 0.1) is 0 Å². The molecule has 0 radical (unpaired) electrons. The van der Waals surface area contributed by atoms with Gasteiger partial charge >= 0.3 is 5.97 Å². The molecular weight excluding hydrogens is 336 g/mol. The van der Waals surface area contributed by atoms with E-state index < -0.39 is 5.97 Å². The van der Waals surface area contributed by atoms with Gasteiger partial charge < -0.3 is 14.2 Å². The highest BCUT2D eigenvalue weighted by atomic mass is 35.5. The molecule has 0 amide bonds. The normalized spacial score (nSPS) is 13.2. The van der Waals surface area contributed by atoms with E-state index in [1.54, 1.807) is 12.1 Å². The van der Waals surface area contributed by atoms with E-state index in [2.05, 4.69) is 5.10 Å². The van der Waals surface area contributed by atoms with Crippen LogP contribution in [0.3, 0.4) is 0 Å². The molecule has 24 heavy (non-hydrogen) atoms. The van der Waals surface area contributed by atoms with Crippen molar-refractivity contribution in [2.45, 2.75) is 13.0 Å². The van der Waals surface area contributed by atoms with Crippen LogP contribution in [0.1, 0.15) is 22.5 Å². The van der Waals surface area contributed by atoms with Gasteiger partial charge in [0, 0.05) is 19.5 Å². The standard InChI is InChI=1S/C16H15ClN2O5/c1-19-14(20)4-3-12(18-19)16(21)24-9-10-7-11(17)15-13(8-10)22-5-2-6-23-15/h3-4,7-8H,2,5-6,9H2,1H3. The van der Waals surface area contributed by atoms with Gasteiger partial charge in [-0.25, -0.2) is 9.48 Å². The molecule has 8 heteroatoms. The summed E-state index contributed by atoms with van der Waals surface area (Å²) < 4.78 is 17.4. The summed E-state index contributed by atoms with van der Waals surface area (Å²) in [7, 11) is 1.46. The van der Waals surface area contributed by atoms with E-state index in [0.717, 1.165) is 11.1 Å². The topological polar surface area (TPSA) is 79.7 Å². The van der Waals surface area contributed by atoms with Crippen LogP contribution in [0.25, 0.3) is 0 Å². The van der Waals surface area contributed by atoms with E-state index in [0.29, 0.717) is 35.3 Å². The van der Waals surface area contributed by atoms with Gasteiger partial charge in [0.25, 0.3) is 5.56 Å². The summed E-state index contributed by atoms with van der Waals surface area (Å²) in [5, 5.41) is 4.25. The molecule has 1 aromatic carbocycles. The van der Waals surface area contributed by atoms with Crippen LogP contribution in [-0.4, -0.2) is 29.0 Å². The van der Waals surface area contributed by atoms with E-state index in [1.165, 1.54) is 19.2 Å². The molecule has 0 N–H and O–H groups in total. The first kappa shape index (κ1) is 16.3. The highest BCUT2D eigenvalue weighted by Gasteiger charge is 2.17. The third kappa shape index (κ3) is 3.51. The third-order valence-electron chi connectivity index (χ3n) is 3.40. The smallest absolute Gasteiger partial charge is 0.359 e. The molecule has 0 spiro atoms. The summed E-state index contributed by atoms with van der Waals surface area (Å²) in [4.78, 5) is 23.3. The summed E-state index contributed by atoms with van der Waals surface area (Å²) in [6.45, 7) is 1.08. The average molecular weight is 351 g/mol. The second-order valence-electron chi connectivity index (χ2n) is 5.21. The minimum absolute atomic E-state index is 0.000284. The van der Waals surface area contributed by atoms with Gasteiger partial charge in [-0.05, 0) is 23.8 Å². The van der Waals surface area contributed by atoms with Crippen LogP contribution >= 0.6 is 11.6 Å². The molecule has 0 saturated heterocycles. The van der Waals surface area contributed by atoms with Crippen LogP contribution in [0.5, 0.6) is 11.5 Å². The lowest BCUT2D eigenvalue weighted by Crippen LogP contribution is -2.21. The Bertz CT molecular complexity index is 834. The predicted octanol–water partition coefficient (Wildman–Crippen LogP) is 1.95. The molecular formula is C16H15ClN2O5. The zero-order valence-corrected chi connectivity index (χ0v) is 13.7. The molecule has 126 valence electrons. The Kier molecular flexibility index (Phi) is 4.71. The molecule has 1 aromatic heterocycles. The summed E-state index contributed by atoms with van der Waals surface area (Å²) >= 11 is 6.19. The lowest BCUT2D eigenvalue weighted by molar-refractivity contribution is 0.0462. The largest absolute Gasteiger partial charge is 0.489 e. The molecule has 0 unspecified atom stereocenters. The molecule has 3 rings (SSSR count). The van der Waals surface area contributed by atoms with Crippen molar-refractivity contribution in [2.24, 2.45) is 7.05 Å². The van der Waals surface area contributed by atoms with Crippen LogP contribution in [0.2, 0.25) is 5.02 Å². The van der Waals surface area contributed by atoms with Crippen LogP contribution in [0.15, 0.2) is 29.1 Å². The van der Waals surface area contributed by atoms with Crippen molar-refractivity contribution in [1.82, 2.24) is 9.78 Å². The Morgan fingerprint density at radius 3 is 2.92 bits per heavy atom. The highest BCUT2D eigenvalue weighted by molar-refractivity contribution is 6.32. The molecule has 2 aromatic rings. The third-order valence-corrected chi connectivity index (χ3v) is 3.68. The van der Waals surface area contributed by atoms with E-state index in [9.17, 15) is 9.59 Å². The zero-order chi connectivity index (χ0) is 17.1. The van der Waals surface area contributed by atoms with Gasteiger partial charge in [-0.1, -0.05) is 11.6 Å². The number of benzene rings is 1. The van der Waals surface area contributed by atoms with Gasteiger partial charge in [-0.3, -0.25) is 4.79 Å². The predicted molar refractivity (Wildman–Crippen MR) is 85.7 cm³/mol. The molecule has 7 nitrogen and oxygen atoms in total. The number of rotatable bonds is 3. The second kappa shape index (κ2) is 6.92. The first-order valence-corrected chi connectivity index (χ1v) is 7.72. The Balaban J connectivity index is 1.73. The molecule has 1 aliphatic heterocycles. The first-order valence-electron chi connectivity index (χ1n) is 7.34. The van der Waals surface area contributed by atoms with Crippen LogP contribution < -0.4 is 15.0 Å². The Labute approximate surface area is 142 Å². The molecule has 0 atom stereocenters. The van der Waals surface area contributed by atoms with Crippen molar-refractivity contribution in [3.05, 3.63) is 50.9 Å². The molecule has 2 heterocycles. The molecule has 0 bridgehead atoms. The number of carbonyl (C=O) groups excluding carboxylic acids is 1. The fraction of sp³-hybridized carbons (Fsp3) is 0.312. The Morgan fingerprint density at radius 1 is 1.33 bits per heavy atom. The summed E-state index contributed by atoms with van der Waals surface area (Å²) in [6.07, 6.45) is 0.772. The van der Waals surface area contributed by atoms with Crippen molar-refractivity contribution in [3.63, 3.8) is 0 Å². The lowest BCUT2D eigenvalue weighted by atomic mass is 10.2. The van der Waals surface area contributed by atoms with Crippen molar-refractivity contribution in [2.75, 3.05) is 13.2 Å².